The second-order valence-corrected chi connectivity index (χ2v) is 3.20. The van der Waals surface area contributed by atoms with Gasteiger partial charge in [0.05, 0.1) is 5.41 Å². The highest BCUT2D eigenvalue weighted by Crippen LogP contribution is 2.25. The Hall–Kier alpha value is -1.22. The first-order valence-corrected chi connectivity index (χ1v) is 4.26. The molecule has 62 valence electrons. The first-order valence-electron chi connectivity index (χ1n) is 4.26. The van der Waals surface area contributed by atoms with Crippen molar-refractivity contribution in [1.82, 2.24) is 0 Å². The van der Waals surface area contributed by atoms with Crippen molar-refractivity contribution in [1.29, 1.82) is 0 Å². The molecule has 0 radical (unpaired) electrons. The Morgan fingerprint density at radius 2 is 1.92 bits per heavy atom. The van der Waals surface area contributed by atoms with E-state index in [9.17, 15) is 0 Å². The zero-order chi connectivity index (χ0) is 9.03. The van der Waals surface area contributed by atoms with Crippen LogP contribution in [0.3, 0.4) is 0 Å². The topological polar surface area (TPSA) is 0 Å². The van der Waals surface area contributed by atoms with E-state index in [-0.39, 0.29) is 5.41 Å². The van der Waals surface area contributed by atoms with E-state index >= 15 is 0 Å². The van der Waals surface area contributed by atoms with Gasteiger partial charge in [0.1, 0.15) is 0 Å². The molecule has 0 unspecified atom stereocenters. The third-order valence-electron chi connectivity index (χ3n) is 2.44. The summed E-state index contributed by atoms with van der Waals surface area (Å²) in [6.07, 6.45) is 6.48. The lowest BCUT2D eigenvalue weighted by atomic mass is 9.81. The van der Waals surface area contributed by atoms with Crippen LogP contribution in [0.1, 0.15) is 25.8 Å². The Morgan fingerprint density at radius 3 is 2.33 bits per heavy atom. The van der Waals surface area contributed by atoms with Crippen LogP contribution in [0.2, 0.25) is 0 Å². The summed E-state index contributed by atoms with van der Waals surface area (Å²) in [5, 5.41) is 0. The van der Waals surface area contributed by atoms with E-state index in [0.29, 0.717) is 0 Å². The molecule has 1 atom stereocenters. The Bertz CT molecular complexity index is 279. The Kier molecular flexibility index (Phi) is 2.55. The monoisotopic (exact) mass is 158 g/mol. The summed E-state index contributed by atoms with van der Waals surface area (Å²) in [4.78, 5) is 0. The molecule has 0 N–H and O–H groups in total. The molecular formula is C12H14. The number of rotatable bonds is 2. The molecule has 0 aliphatic rings. The number of terminal acetylenes is 1. The lowest BCUT2D eigenvalue weighted by Gasteiger charge is -2.21. The molecule has 0 aromatic heterocycles. The average molecular weight is 158 g/mol. The predicted molar refractivity (Wildman–Crippen MR) is 52.9 cm³/mol. The van der Waals surface area contributed by atoms with E-state index in [1.807, 2.05) is 18.2 Å². The van der Waals surface area contributed by atoms with Crippen molar-refractivity contribution in [3.8, 4) is 12.3 Å². The molecule has 1 aromatic rings. The Balaban J connectivity index is 3.06. The number of benzene rings is 1. The minimum Gasteiger partial charge on any atom is -0.119 e. The smallest absolute Gasteiger partial charge is 0.0529 e. The van der Waals surface area contributed by atoms with Crippen LogP contribution in [0, 0.1) is 12.3 Å². The fourth-order valence-electron chi connectivity index (χ4n) is 1.20. The largest absolute Gasteiger partial charge is 0.119 e. The van der Waals surface area contributed by atoms with Crippen molar-refractivity contribution >= 4 is 0 Å². The van der Waals surface area contributed by atoms with E-state index in [4.69, 9.17) is 6.42 Å². The molecule has 0 nitrogen and oxygen atoms in total. The zero-order valence-electron chi connectivity index (χ0n) is 7.67. The highest BCUT2D eigenvalue weighted by atomic mass is 14.2. The fourth-order valence-corrected chi connectivity index (χ4v) is 1.20. The van der Waals surface area contributed by atoms with Crippen molar-refractivity contribution in [2.45, 2.75) is 25.7 Å². The lowest BCUT2D eigenvalue weighted by molar-refractivity contribution is 0.596. The van der Waals surface area contributed by atoms with Gasteiger partial charge in [0.15, 0.2) is 0 Å². The zero-order valence-corrected chi connectivity index (χ0v) is 7.67. The molecule has 0 spiro atoms. The molecule has 0 bridgehead atoms. The normalized spacial score (nSPS) is 14.8. The molecule has 0 saturated carbocycles. The van der Waals surface area contributed by atoms with E-state index in [0.717, 1.165) is 6.42 Å². The predicted octanol–water partition coefficient (Wildman–Crippen LogP) is 2.99. The molecule has 0 heteroatoms. The van der Waals surface area contributed by atoms with Crippen LogP contribution in [0.25, 0.3) is 0 Å². The quantitative estimate of drug-likeness (QED) is 0.580. The van der Waals surface area contributed by atoms with Gasteiger partial charge in [-0.3, -0.25) is 0 Å². The van der Waals surface area contributed by atoms with Gasteiger partial charge in [0.25, 0.3) is 0 Å². The van der Waals surface area contributed by atoms with Gasteiger partial charge in [-0.05, 0) is 18.9 Å². The van der Waals surface area contributed by atoms with Crippen LogP contribution >= 0.6 is 0 Å². The summed E-state index contributed by atoms with van der Waals surface area (Å²) in [5.74, 6) is 2.84. The van der Waals surface area contributed by atoms with Crippen molar-refractivity contribution in [2.24, 2.45) is 0 Å². The van der Waals surface area contributed by atoms with Gasteiger partial charge < -0.3 is 0 Å². The highest BCUT2D eigenvalue weighted by molar-refractivity contribution is 5.32. The molecule has 0 heterocycles. The second kappa shape index (κ2) is 3.45. The molecule has 0 aliphatic carbocycles. The first kappa shape index (κ1) is 8.87. The third-order valence-corrected chi connectivity index (χ3v) is 2.44. The Morgan fingerprint density at radius 1 is 1.33 bits per heavy atom. The summed E-state index contributed by atoms with van der Waals surface area (Å²) >= 11 is 0. The van der Waals surface area contributed by atoms with Crippen molar-refractivity contribution in [2.75, 3.05) is 0 Å². The highest BCUT2D eigenvalue weighted by Gasteiger charge is 2.20. The third kappa shape index (κ3) is 1.51. The van der Waals surface area contributed by atoms with Crippen molar-refractivity contribution in [3.05, 3.63) is 35.9 Å². The van der Waals surface area contributed by atoms with E-state index in [2.05, 4.69) is 31.9 Å². The van der Waals surface area contributed by atoms with E-state index in [1.165, 1.54) is 5.56 Å². The maximum Gasteiger partial charge on any atom is 0.0529 e. The van der Waals surface area contributed by atoms with Crippen LogP contribution in [0.15, 0.2) is 30.3 Å². The molecule has 0 saturated heterocycles. The van der Waals surface area contributed by atoms with Gasteiger partial charge in [-0.25, -0.2) is 0 Å². The van der Waals surface area contributed by atoms with Crippen molar-refractivity contribution in [3.63, 3.8) is 0 Å². The van der Waals surface area contributed by atoms with Crippen LogP contribution in [0.4, 0.5) is 0 Å². The van der Waals surface area contributed by atoms with Gasteiger partial charge in [-0.2, -0.15) is 0 Å². The molecule has 0 amide bonds. The minimum absolute atomic E-state index is 0.0960. The van der Waals surface area contributed by atoms with Gasteiger partial charge in [-0.15, -0.1) is 6.42 Å². The maximum atomic E-state index is 5.50. The fraction of sp³-hybridized carbons (Fsp3) is 0.333. The maximum absolute atomic E-state index is 5.50. The number of hydrogen-bond acceptors (Lipinski definition) is 0. The molecule has 0 fully saturated rings. The van der Waals surface area contributed by atoms with Crippen LogP contribution in [-0.2, 0) is 5.41 Å². The van der Waals surface area contributed by atoms with Gasteiger partial charge in [0.2, 0.25) is 0 Å². The summed E-state index contributed by atoms with van der Waals surface area (Å²) in [5.41, 5.74) is 1.14. The summed E-state index contributed by atoms with van der Waals surface area (Å²) in [6, 6.07) is 10.2. The van der Waals surface area contributed by atoms with Crippen LogP contribution < -0.4 is 0 Å². The van der Waals surface area contributed by atoms with Gasteiger partial charge in [0, 0.05) is 0 Å². The standard InChI is InChI=1S/C12H14/c1-4-12(3,5-2)11-9-7-6-8-10-11/h1,6-10H,5H2,2-3H3/t12-/m0/s1. The van der Waals surface area contributed by atoms with Crippen LogP contribution in [-0.4, -0.2) is 0 Å². The second-order valence-electron chi connectivity index (χ2n) is 3.20. The minimum atomic E-state index is -0.0960. The van der Waals surface area contributed by atoms with Crippen LogP contribution in [0.5, 0.6) is 0 Å². The average Bonchev–Trinajstić information content (AvgIpc) is 2.18. The first-order chi connectivity index (χ1) is 5.73. The number of hydrogen-bond donors (Lipinski definition) is 0. The van der Waals surface area contributed by atoms with Gasteiger partial charge >= 0.3 is 0 Å². The van der Waals surface area contributed by atoms with E-state index in [1.54, 1.807) is 0 Å². The van der Waals surface area contributed by atoms with E-state index < -0.39 is 0 Å². The Labute approximate surface area is 74.6 Å². The van der Waals surface area contributed by atoms with Crippen molar-refractivity contribution < 1.29 is 0 Å². The van der Waals surface area contributed by atoms with Gasteiger partial charge in [-0.1, -0.05) is 43.2 Å². The molecule has 1 rings (SSSR count). The molecule has 0 aliphatic heterocycles. The summed E-state index contributed by atoms with van der Waals surface area (Å²) in [7, 11) is 0. The molecule has 12 heavy (non-hydrogen) atoms. The summed E-state index contributed by atoms with van der Waals surface area (Å²) < 4.78 is 0. The molecule has 1 aromatic carbocycles. The SMILES string of the molecule is C#C[C@@](C)(CC)c1ccccc1. The summed E-state index contributed by atoms with van der Waals surface area (Å²) in [6.45, 7) is 4.22. The lowest BCUT2D eigenvalue weighted by Crippen LogP contribution is -2.17. The molecular weight excluding hydrogens is 144 g/mol.